The zero-order valence-corrected chi connectivity index (χ0v) is 13.4. The lowest BCUT2D eigenvalue weighted by atomic mass is 9.88. The highest BCUT2D eigenvalue weighted by molar-refractivity contribution is 6.53. The lowest BCUT2D eigenvalue weighted by Crippen LogP contribution is -2.45. The van der Waals surface area contributed by atoms with E-state index >= 15 is 0 Å². The number of ether oxygens (including phenoxy) is 1. The minimum Gasteiger partial charge on any atom is -0.481 e. The van der Waals surface area contributed by atoms with Crippen molar-refractivity contribution in [3.05, 3.63) is 77.0 Å². The monoisotopic (exact) mass is 318 g/mol. The third-order valence-corrected chi connectivity index (χ3v) is 4.63. The molecule has 0 bridgehead atoms. The smallest absolute Gasteiger partial charge is 0.213 e. The Hall–Kier alpha value is -2.88. The number of allylic oxidation sites excluding steroid dienone is 1. The Labute approximate surface area is 140 Å². The molecule has 2 unspecified atom stereocenters. The molecular weight excluding hydrogens is 300 g/mol. The van der Waals surface area contributed by atoms with Crippen LogP contribution in [0.1, 0.15) is 40.9 Å². The van der Waals surface area contributed by atoms with Crippen LogP contribution in [0.25, 0.3) is 5.76 Å². The van der Waals surface area contributed by atoms with Crippen molar-refractivity contribution in [2.75, 3.05) is 0 Å². The van der Waals surface area contributed by atoms with Crippen LogP contribution in [0.3, 0.4) is 0 Å². The molecule has 0 spiro atoms. The highest BCUT2D eigenvalue weighted by Crippen LogP contribution is 2.39. The molecule has 0 saturated heterocycles. The molecule has 120 valence electrons. The number of nitrogens with one attached hydrogen (secondary N) is 2. The van der Waals surface area contributed by atoms with Crippen molar-refractivity contribution in [1.82, 2.24) is 5.32 Å². The minimum absolute atomic E-state index is 0.0181. The number of hydrogen-bond acceptors (Lipinski definition) is 4. The SMILES string of the molecule is CCC1NC2=C(OC1c1ccccc1)c1ccccc1C(=O)C2=N. The molecule has 0 saturated carbocycles. The number of Topliss-reactive ketones (excluding diaryl/α,β-unsaturated/α-hetero) is 1. The molecule has 2 aromatic carbocycles. The van der Waals surface area contributed by atoms with Gasteiger partial charge in [-0.3, -0.25) is 10.2 Å². The molecule has 24 heavy (non-hydrogen) atoms. The summed E-state index contributed by atoms with van der Waals surface area (Å²) >= 11 is 0. The number of carbonyl (C=O) groups is 1. The van der Waals surface area contributed by atoms with Crippen LogP contribution in [-0.2, 0) is 4.74 Å². The van der Waals surface area contributed by atoms with E-state index in [1.54, 1.807) is 6.07 Å². The van der Waals surface area contributed by atoms with Crippen molar-refractivity contribution in [1.29, 1.82) is 5.41 Å². The van der Waals surface area contributed by atoms with Gasteiger partial charge in [0.1, 0.15) is 17.5 Å². The van der Waals surface area contributed by atoms with Crippen molar-refractivity contribution >= 4 is 17.3 Å². The number of rotatable bonds is 2. The molecule has 4 heteroatoms. The molecule has 0 amide bonds. The largest absolute Gasteiger partial charge is 0.481 e. The molecule has 2 aromatic rings. The first-order valence-corrected chi connectivity index (χ1v) is 8.16. The zero-order chi connectivity index (χ0) is 16.7. The maximum Gasteiger partial charge on any atom is 0.213 e. The van der Waals surface area contributed by atoms with E-state index in [4.69, 9.17) is 10.1 Å². The molecule has 0 radical (unpaired) electrons. The fraction of sp³-hybridized carbons (Fsp3) is 0.200. The topological polar surface area (TPSA) is 62.2 Å². The van der Waals surface area contributed by atoms with Crippen LogP contribution >= 0.6 is 0 Å². The molecule has 4 nitrogen and oxygen atoms in total. The van der Waals surface area contributed by atoms with E-state index in [0.717, 1.165) is 17.5 Å². The van der Waals surface area contributed by atoms with Crippen molar-refractivity contribution in [3.63, 3.8) is 0 Å². The first-order chi connectivity index (χ1) is 11.7. The summed E-state index contributed by atoms with van der Waals surface area (Å²) in [6.45, 7) is 2.07. The Kier molecular flexibility index (Phi) is 3.45. The Bertz CT molecular complexity index is 855. The molecule has 0 aromatic heterocycles. The Morgan fingerprint density at radius 3 is 2.42 bits per heavy atom. The minimum atomic E-state index is -0.256. The fourth-order valence-electron chi connectivity index (χ4n) is 3.37. The third-order valence-electron chi connectivity index (χ3n) is 4.63. The summed E-state index contributed by atoms with van der Waals surface area (Å²) in [5.74, 6) is 0.349. The summed E-state index contributed by atoms with van der Waals surface area (Å²) in [5.41, 5.74) is 2.87. The van der Waals surface area contributed by atoms with Gasteiger partial charge in [0.15, 0.2) is 5.76 Å². The number of fused-ring (bicyclic) bond motifs is 2. The van der Waals surface area contributed by atoms with Crippen LogP contribution in [0.5, 0.6) is 0 Å². The van der Waals surface area contributed by atoms with Gasteiger partial charge in [-0.25, -0.2) is 0 Å². The molecule has 1 heterocycles. The number of benzene rings is 2. The Morgan fingerprint density at radius 1 is 1.04 bits per heavy atom. The van der Waals surface area contributed by atoms with Crippen molar-refractivity contribution < 1.29 is 9.53 Å². The van der Waals surface area contributed by atoms with Crippen LogP contribution < -0.4 is 5.32 Å². The highest BCUT2D eigenvalue weighted by Gasteiger charge is 2.39. The standard InChI is InChI=1S/C20H18N2O2/c1-2-15-19(12-8-4-3-5-9-12)24-20-14-11-7-6-10-13(14)18(23)16(21)17(20)22-15/h3-11,15,19,21-22H,2H2,1H3. The molecule has 1 aliphatic heterocycles. The average molecular weight is 318 g/mol. The molecule has 4 rings (SSSR count). The first kappa shape index (κ1) is 14.7. The second-order valence-corrected chi connectivity index (χ2v) is 6.06. The van der Waals surface area contributed by atoms with Gasteiger partial charge in [0, 0.05) is 11.1 Å². The number of hydrogen-bond donors (Lipinski definition) is 2. The average Bonchev–Trinajstić information content (AvgIpc) is 2.65. The van der Waals surface area contributed by atoms with Gasteiger partial charge in [-0.2, -0.15) is 0 Å². The van der Waals surface area contributed by atoms with E-state index in [2.05, 4.69) is 12.2 Å². The lowest BCUT2D eigenvalue weighted by Gasteiger charge is -2.38. The van der Waals surface area contributed by atoms with Gasteiger partial charge >= 0.3 is 0 Å². The van der Waals surface area contributed by atoms with Crippen molar-refractivity contribution in [3.8, 4) is 0 Å². The second kappa shape index (κ2) is 5.64. The van der Waals surface area contributed by atoms with E-state index in [9.17, 15) is 4.79 Å². The van der Waals surface area contributed by atoms with Crippen molar-refractivity contribution in [2.45, 2.75) is 25.5 Å². The normalized spacial score (nSPS) is 22.4. The Morgan fingerprint density at radius 2 is 1.71 bits per heavy atom. The van der Waals surface area contributed by atoms with E-state index in [1.165, 1.54) is 0 Å². The Balaban J connectivity index is 1.84. The van der Waals surface area contributed by atoms with E-state index in [1.807, 2.05) is 48.5 Å². The molecule has 2 N–H and O–H groups in total. The molecule has 0 fully saturated rings. The van der Waals surface area contributed by atoms with Gasteiger partial charge in [-0.05, 0) is 12.0 Å². The summed E-state index contributed by atoms with van der Waals surface area (Å²) in [7, 11) is 0. The van der Waals surface area contributed by atoms with Gasteiger partial charge in [0.05, 0.1) is 6.04 Å². The zero-order valence-electron chi connectivity index (χ0n) is 13.4. The lowest BCUT2D eigenvalue weighted by molar-refractivity contribution is 0.101. The third kappa shape index (κ3) is 2.14. The van der Waals surface area contributed by atoms with E-state index in [-0.39, 0.29) is 23.6 Å². The van der Waals surface area contributed by atoms with Crippen molar-refractivity contribution in [2.24, 2.45) is 0 Å². The summed E-state index contributed by atoms with van der Waals surface area (Å²) in [6.07, 6.45) is 0.684. The number of ketones is 1. The number of carbonyl (C=O) groups excluding carboxylic acids is 1. The van der Waals surface area contributed by atoms with Gasteiger partial charge in [0.25, 0.3) is 0 Å². The molecule has 1 aliphatic carbocycles. The first-order valence-electron chi connectivity index (χ1n) is 8.16. The van der Waals surface area contributed by atoms with Crippen LogP contribution in [0.15, 0.2) is 60.3 Å². The molecule has 2 atom stereocenters. The summed E-state index contributed by atoms with van der Waals surface area (Å²) in [6, 6.07) is 17.4. The summed E-state index contributed by atoms with van der Waals surface area (Å²) in [5, 5.41) is 11.6. The quantitative estimate of drug-likeness (QED) is 0.887. The maximum atomic E-state index is 12.5. The predicted molar refractivity (Wildman–Crippen MR) is 92.9 cm³/mol. The predicted octanol–water partition coefficient (Wildman–Crippen LogP) is 3.71. The van der Waals surface area contributed by atoms with Gasteiger partial charge in [-0.1, -0.05) is 61.5 Å². The van der Waals surface area contributed by atoms with Gasteiger partial charge in [-0.15, -0.1) is 0 Å². The summed E-state index contributed by atoms with van der Waals surface area (Å²) in [4.78, 5) is 12.5. The van der Waals surface area contributed by atoms with Crippen LogP contribution in [-0.4, -0.2) is 17.5 Å². The fourth-order valence-corrected chi connectivity index (χ4v) is 3.37. The maximum absolute atomic E-state index is 12.5. The molecule has 2 aliphatic rings. The van der Waals surface area contributed by atoms with Gasteiger partial charge in [0.2, 0.25) is 5.78 Å². The van der Waals surface area contributed by atoms with E-state index in [0.29, 0.717) is 17.0 Å². The van der Waals surface area contributed by atoms with E-state index < -0.39 is 0 Å². The summed E-state index contributed by atoms with van der Waals surface area (Å²) < 4.78 is 6.35. The van der Waals surface area contributed by atoms with Crippen LogP contribution in [0, 0.1) is 5.41 Å². The van der Waals surface area contributed by atoms with Crippen LogP contribution in [0.4, 0.5) is 0 Å². The highest BCUT2D eigenvalue weighted by atomic mass is 16.5. The van der Waals surface area contributed by atoms with Gasteiger partial charge < -0.3 is 10.1 Å². The van der Waals surface area contributed by atoms with Crippen LogP contribution in [0.2, 0.25) is 0 Å². The second-order valence-electron chi connectivity index (χ2n) is 6.06. The molecular formula is C20H18N2O2.